The average molecular weight is 394 g/mol. The molecular weight excluding hydrogens is 374 g/mol. The van der Waals surface area contributed by atoms with E-state index in [1.54, 1.807) is 13.0 Å². The SMILES string of the molecule is Cc1onc(-c2ccccc2Cl)c1C(=O)NCCn1c(C)cc2ccccc21. The third-order valence-electron chi connectivity index (χ3n) is 4.86. The molecule has 0 bridgehead atoms. The number of fused-ring (bicyclic) bond motifs is 1. The van der Waals surface area contributed by atoms with Gasteiger partial charge in [0.1, 0.15) is 17.0 Å². The number of nitrogens with one attached hydrogen (secondary N) is 1. The van der Waals surface area contributed by atoms with E-state index >= 15 is 0 Å². The van der Waals surface area contributed by atoms with Crippen LogP contribution in [0.25, 0.3) is 22.2 Å². The normalized spacial score (nSPS) is 11.1. The van der Waals surface area contributed by atoms with Gasteiger partial charge in [-0.3, -0.25) is 4.79 Å². The smallest absolute Gasteiger partial charge is 0.257 e. The second-order valence-electron chi connectivity index (χ2n) is 6.69. The van der Waals surface area contributed by atoms with Crippen LogP contribution >= 0.6 is 11.6 Å². The molecule has 2 heterocycles. The van der Waals surface area contributed by atoms with Gasteiger partial charge in [0, 0.05) is 29.9 Å². The quantitative estimate of drug-likeness (QED) is 0.519. The van der Waals surface area contributed by atoms with E-state index in [1.807, 2.05) is 30.3 Å². The maximum Gasteiger partial charge on any atom is 0.257 e. The van der Waals surface area contributed by atoms with Crippen molar-refractivity contribution in [1.82, 2.24) is 15.0 Å². The van der Waals surface area contributed by atoms with E-state index in [0.717, 1.165) is 11.2 Å². The summed E-state index contributed by atoms with van der Waals surface area (Å²) in [6.45, 7) is 4.97. The fourth-order valence-electron chi connectivity index (χ4n) is 3.49. The molecule has 6 heteroatoms. The van der Waals surface area contributed by atoms with Gasteiger partial charge in [-0.05, 0) is 37.4 Å². The Morgan fingerprint density at radius 3 is 2.71 bits per heavy atom. The van der Waals surface area contributed by atoms with Crippen LogP contribution in [0.15, 0.2) is 59.1 Å². The highest BCUT2D eigenvalue weighted by Gasteiger charge is 2.22. The number of aromatic nitrogens is 2. The van der Waals surface area contributed by atoms with Crippen LogP contribution in [0.5, 0.6) is 0 Å². The Hall–Kier alpha value is -3.05. The second-order valence-corrected chi connectivity index (χ2v) is 7.10. The molecule has 0 aliphatic carbocycles. The molecular formula is C22H20ClN3O2. The van der Waals surface area contributed by atoms with Gasteiger partial charge >= 0.3 is 0 Å². The van der Waals surface area contributed by atoms with Crippen molar-refractivity contribution < 1.29 is 9.32 Å². The predicted molar refractivity (Wildman–Crippen MR) is 111 cm³/mol. The predicted octanol–water partition coefficient (Wildman–Crippen LogP) is 5.00. The molecule has 0 aliphatic heterocycles. The molecule has 28 heavy (non-hydrogen) atoms. The molecule has 2 aromatic carbocycles. The Morgan fingerprint density at radius 2 is 1.89 bits per heavy atom. The molecule has 142 valence electrons. The highest BCUT2D eigenvalue weighted by atomic mass is 35.5. The molecule has 0 radical (unpaired) electrons. The number of carbonyl (C=O) groups excluding carboxylic acids is 1. The summed E-state index contributed by atoms with van der Waals surface area (Å²) in [5.41, 5.74) is 3.88. The van der Waals surface area contributed by atoms with Crippen LogP contribution in [0.4, 0.5) is 0 Å². The highest BCUT2D eigenvalue weighted by molar-refractivity contribution is 6.33. The number of para-hydroxylation sites is 1. The maximum absolute atomic E-state index is 12.8. The molecule has 0 fully saturated rings. The third kappa shape index (κ3) is 3.29. The third-order valence-corrected chi connectivity index (χ3v) is 5.19. The van der Waals surface area contributed by atoms with Crippen molar-refractivity contribution in [2.24, 2.45) is 0 Å². The lowest BCUT2D eigenvalue weighted by molar-refractivity contribution is 0.0951. The summed E-state index contributed by atoms with van der Waals surface area (Å²) in [6.07, 6.45) is 0. The van der Waals surface area contributed by atoms with Gasteiger partial charge in [-0.1, -0.05) is 53.2 Å². The van der Waals surface area contributed by atoms with Crippen molar-refractivity contribution in [3.8, 4) is 11.3 Å². The number of hydrogen-bond donors (Lipinski definition) is 1. The Labute approximate surface area is 167 Å². The number of amides is 1. The van der Waals surface area contributed by atoms with E-state index in [4.69, 9.17) is 16.1 Å². The second kappa shape index (κ2) is 7.52. The van der Waals surface area contributed by atoms with Gasteiger partial charge in [0.15, 0.2) is 0 Å². The summed E-state index contributed by atoms with van der Waals surface area (Å²) in [4.78, 5) is 12.8. The first kappa shape index (κ1) is 18.3. The number of carbonyl (C=O) groups is 1. The molecule has 0 atom stereocenters. The van der Waals surface area contributed by atoms with E-state index < -0.39 is 0 Å². The first-order valence-electron chi connectivity index (χ1n) is 9.10. The minimum Gasteiger partial charge on any atom is -0.360 e. The molecule has 2 aromatic heterocycles. The molecule has 5 nitrogen and oxygen atoms in total. The molecule has 4 aromatic rings. The summed E-state index contributed by atoms with van der Waals surface area (Å²) < 4.78 is 7.48. The van der Waals surface area contributed by atoms with Gasteiger partial charge in [0.25, 0.3) is 5.91 Å². The zero-order chi connectivity index (χ0) is 19.7. The van der Waals surface area contributed by atoms with Crippen molar-refractivity contribution in [2.45, 2.75) is 20.4 Å². The first-order chi connectivity index (χ1) is 13.6. The van der Waals surface area contributed by atoms with E-state index in [-0.39, 0.29) is 5.91 Å². The van der Waals surface area contributed by atoms with Gasteiger partial charge in [0.05, 0.1) is 5.02 Å². The summed E-state index contributed by atoms with van der Waals surface area (Å²) in [5, 5.41) is 8.76. The van der Waals surface area contributed by atoms with Crippen molar-refractivity contribution in [2.75, 3.05) is 6.54 Å². The number of benzene rings is 2. The van der Waals surface area contributed by atoms with E-state index in [9.17, 15) is 4.79 Å². The molecule has 0 saturated carbocycles. The largest absolute Gasteiger partial charge is 0.360 e. The lowest BCUT2D eigenvalue weighted by atomic mass is 10.1. The van der Waals surface area contributed by atoms with Crippen LogP contribution in [0, 0.1) is 13.8 Å². The molecule has 0 aliphatic rings. The van der Waals surface area contributed by atoms with Crippen LogP contribution in [0.2, 0.25) is 5.02 Å². The number of nitrogens with zero attached hydrogens (tertiary/aromatic N) is 2. The number of rotatable bonds is 5. The summed E-state index contributed by atoms with van der Waals surface area (Å²) in [7, 11) is 0. The van der Waals surface area contributed by atoms with E-state index in [2.05, 4.69) is 40.2 Å². The van der Waals surface area contributed by atoms with Crippen LogP contribution in [-0.4, -0.2) is 22.2 Å². The van der Waals surface area contributed by atoms with E-state index in [0.29, 0.717) is 40.7 Å². The molecule has 1 amide bonds. The maximum atomic E-state index is 12.8. The Balaban J connectivity index is 1.53. The molecule has 1 N–H and O–H groups in total. The Kier molecular flexibility index (Phi) is 4.92. The summed E-state index contributed by atoms with van der Waals surface area (Å²) >= 11 is 6.27. The van der Waals surface area contributed by atoms with Crippen LogP contribution in [0.1, 0.15) is 21.8 Å². The van der Waals surface area contributed by atoms with Crippen molar-refractivity contribution in [1.29, 1.82) is 0 Å². The number of halogens is 1. The molecule has 0 saturated heterocycles. The Morgan fingerprint density at radius 1 is 1.14 bits per heavy atom. The summed E-state index contributed by atoms with van der Waals surface area (Å²) in [5.74, 6) is 0.248. The number of hydrogen-bond acceptors (Lipinski definition) is 3. The fourth-order valence-corrected chi connectivity index (χ4v) is 3.72. The van der Waals surface area contributed by atoms with Gasteiger partial charge in [-0.25, -0.2) is 0 Å². The monoisotopic (exact) mass is 393 g/mol. The average Bonchev–Trinajstić information content (AvgIpc) is 3.22. The topological polar surface area (TPSA) is 60.1 Å². The van der Waals surface area contributed by atoms with Crippen LogP contribution in [0.3, 0.4) is 0 Å². The van der Waals surface area contributed by atoms with Crippen LogP contribution in [-0.2, 0) is 6.54 Å². The lowest BCUT2D eigenvalue weighted by Crippen LogP contribution is -2.28. The van der Waals surface area contributed by atoms with Gasteiger partial charge in [0.2, 0.25) is 0 Å². The van der Waals surface area contributed by atoms with Crippen molar-refractivity contribution in [3.63, 3.8) is 0 Å². The van der Waals surface area contributed by atoms with E-state index in [1.165, 1.54) is 5.39 Å². The molecule has 0 spiro atoms. The first-order valence-corrected chi connectivity index (χ1v) is 9.48. The Bertz CT molecular complexity index is 1160. The minimum absolute atomic E-state index is 0.220. The standard InChI is InChI=1S/C22H20ClN3O2/c1-14-13-16-7-3-6-10-19(16)26(14)12-11-24-22(27)20-15(2)28-25-21(20)17-8-4-5-9-18(17)23/h3-10,13H,11-12H2,1-2H3,(H,24,27). The van der Waals surface area contributed by atoms with Gasteiger partial charge in [-0.15, -0.1) is 0 Å². The summed E-state index contributed by atoms with van der Waals surface area (Å²) in [6, 6.07) is 17.7. The van der Waals surface area contributed by atoms with Crippen molar-refractivity contribution in [3.05, 3.63) is 76.6 Å². The van der Waals surface area contributed by atoms with Gasteiger partial charge in [-0.2, -0.15) is 0 Å². The minimum atomic E-state index is -0.220. The molecule has 4 rings (SSSR count). The zero-order valence-electron chi connectivity index (χ0n) is 15.7. The van der Waals surface area contributed by atoms with Crippen molar-refractivity contribution >= 4 is 28.4 Å². The van der Waals surface area contributed by atoms with Crippen LogP contribution < -0.4 is 5.32 Å². The fraction of sp³-hybridized carbons (Fsp3) is 0.182. The van der Waals surface area contributed by atoms with Gasteiger partial charge < -0.3 is 14.4 Å². The lowest BCUT2D eigenvalue weighted by Gasteiger charge is -2.10. The zero-order valence-corrected chi connectivity index (χ0v) is 16.5. The highest BCUT2D eigenvalue weighted by Crippen LogP contribution is 2.30. The number of aryl methyl sites for hydroxylation is 2. The molecule has 0 unspecified atom stereocenters.